The van der Waals surface area contributed by atoms with Gasteiger partial charge in [-0.2, -0.15) is 0 Å². The van der Waals surface area contributed by atoms with Gasteiger partial charge in [0.15, 0.2) is 31.5 Å². The van der Waals surface area contributed by atoms with Crippen LogP contribution in [0.15, 0.2) is 0 Å². The zero-order chi connectivity index (χ0) is 44.2. The Labute approximate surface area is 344 Å². The maximum absolute atomic E-state index is 11.9. The molecule has 0 unspecified atom stereocenters. The normalized spacial score (nSPS) is 50.5. The lowest BCUT2D eigenvalue weighted by Gasteiger charge is -2.50. The highest BCUT2D eigenvalue weighted by Gasteiger charge is 2.57. The number of hydrogen-bond donors (Lipinski definition) is 15. The highest BCUT2D eigenvalue weighted by atomic mass is 16.8. The smallest absolute Gasteiger partial charge is 0.187 e. The van der Waals surface area contributed by atoms with Crippen LogP contribution in [-0.4, -0.2) is 258 Å². The molecule has 0 aromatic heterocycles. The van der Waals surface area contributed by atoms with E-state index < -0.39 is 173 Å². The maximum Gasteiger partial charge on any atom is 0.187 e. The van der Waals surface area contributed by atoms with Crippen LogP contribution in [0.4, 0.5) is 0 Å². The van der Waals surface area contributed by atoms with Crippen LogP contribution >= 0.6 is 0 Å². The van der Waals surface area contributed by atoms with Gasteiger partial charge in [-0.1, -0.05) is 0 Å². The summed E-state index contributed by atoms with van der Waals surface area (Å²) >= 11 is 0. The molecule has 5 aliphatic rings. The molecular weight excluding hydrogens is 818 g/mol. The van der Waals surface area contributed by atoms with Crippen molar-refractivity contribution in [2.75, 3.05) is 33.0 Å². The summed E-state index contributed by atoms with van der Waals surface area (Å²) in [5, 5.41) is 150. The molecule has 25 nitrogen and oxygen atoms in total. The lowest BCUT2D eigenvalue weighted by molar-refractivity contribution is -0.406. The molecule has 0 aromatic rings. The van der Waals surface area contributed by atoms with E-state index in [9.17, 15) is 71.5 Å². The largest absolute Gasteiger partial charge is 0.394 e. The molecule has 25 heteroatoms. The molecule has 60 heavy (non-hydrogen) atoms. The van der Waals surface area contributed by atoms with E-state index in [0.717, 1.165) is 0 Å². The summed E-state index contributed by atoms with van der Waals surface area (Å²) in [5.41, 5.74) is 5.56. The summed E-state index contributed by atoms with van der Waals surface area (Å²) in [7, 11) is 0. The molecule has 5 rings (SSSR count). The van der Waals surface area contributed by atoms with Gasteiger partial charge in [-0.05, 0) is 39.7 Å². The molecule has 352 valence electrons. The highest BCUT2D eigenvalue weighted by molar-refractivity contribution is 4.99. The first-order valence-electron chi connectivity index (χ1n) is 20.0. The Morgan fingerprint density at radius 3 is 1.35 bits per heavy atom. The number of aliphatic hydroxyl groups excluding tert-OH is 14. The van der Waals surface area contributed by atoms with E-state index in [0.29, 0.717) is 25.8 Å². The molecule has 0 amide bonds. The SMILES string of the molecule is C[C@@H]1O[C@@H](O[C@@H]2[C@@H](O)[C@H](O[C@H]3[C@H](O[C@@H]4O[C@@H](C)[C@H](O)[C@@H](O)[C@H]4O)[C@@H](O)[C@@H](O[C@H]4[C@@H](OCCCCCN)O[C@H](CO)[C@@H](O)[C@@H]4O)O[C@@H]3CO)O[C@H](CO)[C@H]2O)[C@H](O)[C@H](O)[C@H]1O. The van der Waals surface area contributed by atoms with Crippen LogP contribution in [0, 0.1) is 0 Å². The van der Waals surface area contributed by atoms with Gasteiger partial charge in [0.1, 0.15) is 110 Å². The van der Waals surface area contributed by atoms with Crippen molar-refractivity contribution in [1.82, 2.24) is 0 Å². The van der Waals surface area contributed by atoms with E-state index >= 15 is 0 Å². The second-order valence-corrected chi connectivity index (χ2v) is 15.6. The van der Waals surface area contributed by atoms with Gasteiger partial charge in [-0.15, -0.1) is 0 Å². The summed E-state index contributed by atoms with van der Waals surface area (Å²) in [6.07, 6.45) is -41.2. The lowest BCUT2D eigenvalue weighted by Crippen LogP contribution is -2.69. The van der Waals surface area contributed by atoms with Crippen molar-refractivity contribution >= 4 is 0 Å². The van der Waals surface area contributed by atoms with Crippen LogP contribution in [0.1, 0.15) is 33.1 Å². The minimum absolute atomic E-state index is 0.0507. The number of aliphatic hydroxyl groups is 14. The number of ether oxygens (including phenoxy) is 10. The van der Waals surface area contributed by atoms with Crippen LogP contribution in [0.3, 0.4) is 0 Å². The molecule has 5 aliphatic heterocycles. The Morgan fingerprint density at radius 1 is 0.383 bits per heavy atom. The lowest BCUT2D eigenvalue weighted by atomic mass is 9.95. The van der Waals surface area contributed by atoms with Gasteiger partial charge in [0.25, 0.3) is 0 Å². The minimum Gasteiger partial charge on any atom is -0.394 e. The molecule has 25 atom stereocenters. The molecule has 0 aromatic carbocycles. The van der Waals surface area contributed by atoms with Crippen molar-refractivity contribution in [2.45, 2.75) is 187 Å². The average Bonchev–Trinajstić information content (AvgIpc) is 3.23. The second kappa shape index (κ2) is 22.3. The molecule has 5 heterocycles. The maximum atomic E-state index is 11.9. The van der Waals surface area contributed by atoms with Gasteiger partial charge in [0.05, 0.1) is 32.0 Å². The number of rotatable bonds is 17. The van der Waals surface area contributed by atoms with E-state index in [1.807, 2.05) is 0 Å². The van der Waals surface area contributed by atoms with Crippen molar-refractivity contribution in [3.8, 4) is 0 Å². The summed E-state index contributed by atoms with van der Waals surface area (Å²) in [6.45, 7) is 0.580. The first kappa shape index (κ1) is 50.0. The first-order chi connectivity index (χ1) is 28.5. The fourth-order valence-electron chi connectivity index (χ4n) is 7.63. The Morgan fingerprint density at radius 2 is 0.817 bits per heavy atom. The topological polar surface area (TPSA) is 402 Å². The van der Waals surface area contributed by atoms with Gasteiger partial charge in [0, 0.05) is 6.61 Å². The number of nitrogens with two attached hydrogens (primary N) is 1. The Bertz CT molecular complexity index is 1280. The Kier molecular flexibility index (Phi) is 18.6. The van der Waals surface area contributed by atoms with Crippen LogP contribution < -0.4 is 5.73 Å². The van der Waals surface area contributed by atoms with Crippen molar-refractivity contribution < 1.29 is 119 Å². The molecule has 0 aliphatic carbocycles. The van der Waals surface area contributed by atoms with Gasteiger partial charge in [-0.25, -0.2) is 0 Å². The predicted molar refractivity (Wildman–Crippen MR) is 190 cm³/mol. The molecule has 0 radical (unpaired) electrons. The van der Waals surface area contributed by atoms with Gasteiger partial charge < -0.3 is 125 Å². The van der Waals surface area contributed by atoms with E-state index in [4.69, 9.17) is 53.1 Å². The Balaban J connectivity index is 1.43. The van der Waals surface area contributed by atoms with E-state index in [2.05, 4.69) is 0 Å². The van der Waals surface area contributed by atoms with Crippen LogP contribution in [0.5, 0.6) is 0 Å². The third kappa shape index (κ3) is 10.9. The third-order valence-electron chi connectivity index (χ3n) is 11.4. The van der Waals surface area contributed by atoms with Gasteiger partial charge >= 0.3 is 0 Å². The van der Waals surface area contributed by atoms with Crippen molar-refractivity contribution in [3.63, 3.8) is 0 Å². The van der Waals surface area contributed by atoms with Gasteiger partial charge in [-0.3, -0.25) is 0 Å². The Hall–Kier alpha value is -1.00. The number of unbranched alkanes of at least 4 members (excludes halogenated alkanes) is 2. The van der Waals surface area contributed by atoms with E-state index in [1.54, 1.807) is 0 Å². The molecule has 0 saturated carbocycles. The molecule has 16 N–H and O–H groups in total. The molecule has 5 saturated heterocycles. The van der Waals surface area contributed by atoms with Gasteiger partial charge in [0.2, 0.25) is 0 Å². The first-order valence-corrected chi connectivity index (χ1v) is 20.0. The fraction of sp³-hybridized carbons (Fsp3) is 1.00. The van der Waals surface area contributed by atoms with Crippen molar-refractivity contribution in [3.05, 3.63) is 0 Å². The van der Waals surface area contributed by atoms with Crippen molar-refractivity contribution in [2.24, 2.45) is 5.73 Å². The van der Waals surface area contributed by atoms with E-state index in [1.165, 1.54) is 13.8 Å². The third-order valence-corrected chi connectivity index (χ3v) is 11.4. The van der Waals surface area contributed by atoms with Crippen LogP contribution in [0.25, 0.3) is 0 Å². The monoisotopic (exact) mass is 881 g/mol. The standard InChI is InChI=1S/C35H63NO24/c1-11-16(40)20(44)23(47)31(52-11)58-28-19(43)14(9-38)54-33(25(28)49)57-27-15(10-39)56-34(26(50)29(27)59-32-24(48)21(45)17(41)12(2)53-32)60-30-22(46)18(42)13(8-37)55-35(30)51-7-5-3-4-6-36/h11-35,37-50H,3-10,36H2,1-2H3/t11-,12-,13+,14+,15+,16-,17-,18+,19+,20+,21+,22-,23+,24+,25+,26+,27+,28-,29+,30+,31-,32-,33-,34+,35-/m0/s1. The molecular formula is C35H63NO24. The average molecular weight is 882 g/mol. The molecule has 0 spiro atoms. The van der Waals surface area contributed by atoms with E-state index in [-0.39, 0.29) is 6.61 Å². The van der Waals surface area contributed by atoms with Crippen LogP contribution in [0.2, 0.25) is 0 Å². The summed E-state index contributed by atoms with van der Waals surface area (Å²) in [5.74, 6) is 0. The highest BCUT2D eigenvalue weighted by Crippen LogP contribution is 2.37. The molecule has 0 bridgehead atoms. The van der Waals surface area contributed by atoms with Crippen molar-refractivity contribution in [1.29, 1.82) is 0 Å². The fourth-order valence-corrected chi connectivity index (χ4v) is 7.63. The number of hydrogen-bond acceptors (Lipinski definition) is 25. The summed E-state index contributed by atoms with van der Waals surface area (Å²) in [4.78, 5) is 0. The quantitative estimate of drug-likeness (QED) is 0.0603. The summed E-state index contributed by atoms with van der Waals surface area (Å²) in [6, 6.07) is 0. The minimum atomic E-state index is -2.09. The predicted octanol–water partition coefficient (Wildman–Crippen LogP) is -8.72. The molecule has 5 fully saturated rings. The summed E-state index contributed by atoms with van der Waals surface area (Å²) < 4.78 is 57.8. The zero-order valence-electron chi connectivity index (χ0n) is 33.0. The zero-order valence-corrected chi connectivity index (χ0v) is 33.0. The second-order valence-electron chi connectivity index (χ2n) is 15.6. The van der Waals surface area contributed by atoms with Crippen LogP contribution in [-0.2, 0) is 47.4 Å².